The van der Waals surface area contributed by atoms with Crippen molar-refractivity contribution in [3.8, 4) is 0 Å². The molecular formula is C57H75N9O9. The number of rotatable bonds is 9. The van der Waals surface area contributed by atoms with Crippen LogP contribution in [0.1, 0.15) is 149 Å². The molecule has 18 heteroatoms. The average molecular weight is 1030 g/mol. The molecule has 3 fully saturated rings. The number of benzene rings is 3. The number of carbonyl (C=O) groups excluding carboxylic acids is 6. The number of nitrogens with one attached hydrogen (secondary N) is 3. The maximum absolute atomic E-state index is 12.1. The summed E-state index contributed by atoms with van der Waals surface area (Å²) in [4.78, 5) is 85.5. The lowest BCUT2D eigenvalue weighted by Crippen LogP contribution is -2.53. The van der Waals surface area contributed by atoms with Crippen molar-refractivity contribution in [2.45, 2.75) is 118 Å². The normalized spacial score (nSPS) is 16.6. The first-order chi connectivity index (χ1) is 35.0. The van der Waals surface area contributed by atoms with Gasteiger partial charge in [0, 0.05) is 91.8 Å². The number of fused-ring (bicyclic) bond motifs is 3. The Balaban J connectivity index is 0.000000164. The minimum absolute atomic E-state index is 0.258. The van der Waals surface area contributed by atoms with Gasteiger partial charge in [0.1, 0.15) is 16.8 Å². The molecule has 6 heterocycles. The van der Waals surface area contributed by atoms with Crippen molar-refractivity contribution in [2.24, 2.45) is 35.0 Å². The van der Waals surface area contributed by atoms with Gasteiger partial charge in [0.25, 0.3) is 17.7 Å². The number of nitrogens with zero attached hydrogens (tertiary/aromatic N) is 3. The van der Waals surface area contributed by atoms with Crippen LogP contribution in [0.4, 0.5) is 14.4 Å². The molecule has 0 bridgehead atoms. The van der Waals surface area contributed by atoms with Gasteiger partial charge in [-0.2, -0.15) is 0 Å². The van der Waals surface area contributed by atoms with Gasteiger partial charge in [0.05, 0.1) is 33.2 Å². The Hall–Kier alpha value is -7.50. The molecule has 6 aromatic rings. The van der Waals surface area contributed by atoms with E-state index < -0.39 is 34.5 Å². The molecule has 3 atom stereocenters. The van der Waals surface area contributed by atoms with Crippen LogP contribution >= 0.6 is 0 Å². The van der Waals surface area contributed by atoms with Gasteiger partial charge in [-0.1, -0.05) is 39.0 Å². The maximum Gasteiger partial charge on any atom is 0.410 e. The van der Waals surface area contributed by atoms with Crippen molar-refractivity contribution in [2.75, 3.05) is 39.3 Å². The molecule has 0 spiro atoms. The summed E-state index contributed by atoms with van der Waals surface area (Å²) in [6.07, 6.45) is 4.69. The highest BCUT2D eigenvalue weighted by atomic mass is 16.6. The van der Waals surface area contributed by atoms with Crippen molar-refractivity contribution in [3.05, 3.63) is 107 Å². The Bertz CT molecular complexity index is 2770. The first-order valence-electron chi connectivity index (χ1n) is 25.6. The predicted octanol–water partition coefficient (Wildman–Crippen LogP) is 9.71. The lowest BCUT2D eigenvalue weighted by atomic mass is 9.81. The number of amides is 6. The quantitative estimate of drug-likeness (QED) is 0.0752. The summed E-state index contributed by atoms with van der Waals surface area (Å²) in [7, 11) is 0. The summed E-state index contributed by atoms with van der Waals surface area (Å²) in [6.45, 7) is 27.4. The van der Waals surface area contributed by atoms with Crippen molar-refractivity contribution in [1.82, 2.24) is 29.7 Å². The topological polar surface area (TPSA) is 265 Å². The van der Waals surface area contributed by atoms with E-state index in [1.807, 2.05) is 117 Å². The fourth-order valence-corrected chi connectivity index (χ4v) is 10.0. The molecule has 3 aliphatic rings. The number of aromatic amines is 3. The second-order valence-electron chi connectivity index (χ2n) is 23.3. The number of carbonyl (C=O) groups is 6. The van der Waals surface area contributed by atoms with Crippen LogP contribution in [0.15, 0.2) is 73.2 Å². The van der Waals surface area contributed by atoms with Gasteiger partial charge < -0.3 is 61.1 Å². The first kappa shape index (κ1) is 55.3. The zero-order valence-electron chi connectivity index (χ0n) is 45.4. The van der Waals surface area contributed by atoms with E-state index in [9.17, 15) is 28.8 Å². The fraction of sp³-hybridized carbons (Fsp3) is 0.474. The van der Waals surface area contributed by atoms with Gasteiger partial charge in [0.15, 0.2) is 0 Å². The highest BCUT2D eigenvalue weighted by Gasteiger charge is 2.40. The Morgan fingerprint density at radius 1 is 0.427 bits per heavy atom. The second-order valence-corrected chi connectivity index (χ2v) is 23.3. The van der Waals surface area contributed by atoms with Crippen molar-refractivity contribution in [1.29, 1.82) is 0 Å². The van der Waals surface area contributed by atoms with Crippen LogP contribution in [0.5, 0.6) is 0 Å². The van der Waals surface area contributed by atoms with Crippen LogP contribution < -0.4 is 17.2 Å². The van der Waals surface area contributed by atoms with Gasteiger partial charge in [0.2, 0.25) is 0 Å². The van der Waals surface area contributed by atoms with E-state index in [-0.39, 0.29) is 36.0 Å². The number of hydrogen-bond donors (Lipinski definition) is 6. The monoisotopic (exact) mass is 1030 g/mol. The molecule has 3 saturated heterocycles. The van der Waals surface area contributed by atoms with E-state index in [2.05, 4.69) is 35.7 Å². The molecule has 3 aromatic heterocycles. The highest BCUT2D eigenvalue weighted by Crippen LogP contribution is 2.40. The molecule has 1 unspecified atom stereocenters. The summed E-state index contributed by atoms with van der Waals surface area (Å²) in [5, 5.41) is 3.04. The van der Waals surface area contributed by atoms with Gasteiger partial charge in [-0.05, 0) is 133 Å². The molecular weight excluding hydrogens is 955 g/mol. The lowest BCUT2D eigenvalue weighted by molar-refractivity contribution is -0.00494. The average Bonchev–Trinajstić information content (AvgIpc) is 4.04. The third-order valence-electron chi connectivity index (χ3n) is 14.3. The molecule has 402 valence electrons. The summed E-state index contributed by atoms with van der Waals surface area (Å²) >= 11 is 0. The van der Waals surface area contributed by atoms with Crippen molar-refractivity contribution < 1.29 is 43.0 Å². The zero-order valence-corrected chi connectivity index (χ0v) is 45.4. The molecule has 9 N–H and O–H groups in total. The number of aromatic nitrogens is 3. The maximum atomic E-state index is 12.1. The van der Waals surface area contributed by atoms with E-state index >= 15 is 0 Å². The molecule has 9 rings (SSSR count). The number of nitrogens with two attached hydrogens (primary N) is 3. The van der Waals surface area contributed by atoms with Gasteiger partial charge in [-0.25, -0.2) is 14.4 Å². The van der Waals surface area contributed by atoms with Gasteiger partial charge in [-0.3, -0.25) is 14.4 Å². The molecule has 3 aliphatic heterocycles. The van der Waals surface area contributed by atoms with E-state index in [1.54, 1.807) is 32.9 Å². The summed E-state index contributed by atoms with van der Waals surface area (Å²) in [5.41, 5.74) is 22.2. The van der Waals surface area contributed by atoms with E-state index in [1.165, 1.54) is 0 Å². The van der Waals surface area contributed by atoms with Gasteiger partial charge in [-0.15, -0.1) is 0 Å². The second kappa shape index (κ2) is 21.4. The lowest BCUT2D eigenvalue weighted by Gasteiger charge is -2.43. The van der Waals surface area contributed by atoms with Crippen LogP contribution in [0.25, 0.3) is 32.7 Å². The van der Waals surface area contributed by atoms with E-state index in [4.69, 9.17) is 31.4 Å². The summed E-state index contributed by atoms with van der Waals surface area (Å²) in [6, 6.07) is 17.1. The Labute approximate surface area is 438 Å². The molecule has 0 radical (unpaired) electrons. The Morgan fingerprint density at radius 3 is 0.853 bits per heavy atom. The molecule has 0 saturated carbocycles. The predicted molar refractivity (Wildman–Crippen MR) is 290 cm³/mol. The number of likely N-dealkylation sites (tertiary alicyclic amines) is 3. The fourth-order valence-electron chi connectivity index (χ4n) is 10.0. The number of ether oxygens (including phenoxy) is 3. The zero-order chi connectivity index (χ0) is 55.1. The standard InChI is InChI=1S/3C19H25N3O3/c3*1-11(12-9-22(10-12)18(24)25-19(2,3)4)13-5-6-15(17(20)23)16-14(13)7-8-21-16/h3*5-8,11-12,21H,9-10H2,1-4H3,(H2,20,23)/t2*11-;/m10./s1. The third-order valence-corrected chi connectivity index (χ3v) is 14.3. The number of primary amides is 3. The van der Waals surface area contributed by atoms with Crippen molar-refractivity contribution >= 4 is 68.7 Å². The molecule has 3 aromatic carbocycles. The van der Waals surface area contributed by atoms with E-state index in [0.717, 1.165) is 49.4 Å². The third kappa shape index (κ3) is 12.5. The largest absolute Gasteiger partial charge is 0.444 e. The van der Waals surface area contributed by atoms with E-state index in [0.29, 0.717) is 73.7 Å². The summed E-state index contributed by atoms with van der Waals surface area (Å²) < 4.78 is 16.2. The smallest absolute Gasteiger partial charge is 0.410 e. The van der Waals surface area contributed by atoms with Crippen LogP contribution in [-0.4, -0.2) is 122 Å². The van der Waals surface area contributed by atoms with Crippen molar-refractivity contribution in [3.63, 3.8) is 0 Å². The minimum atomic E-state index is -0.477. The van der Waals surface area contributed by atoms with Crippen LogP contribution in [0, 0.1) is 17.8 Å². The molecule has 6 amide bonds. The first-order valence-corrected chi connectivity index (χ1v) is 25.6. The van der Waals surface area contributed by atoms with Gasteiger partial charge >= 0.3 is 18.3 Å². The Kier molecular flexibility index (Phi) is 15.8. The van der Waals surface area contributed by atoms with Crippen LogP contribution in [0.2, 0.25) is 0 Å². The number of hydrogen-bond acceptors (Lipinski definition) is 9. The number of H-pyrrole nitrogens is 3. The molecule has 18 nitrogen and oxygen atoms in total. The Morgan fingerprint density at radius 2 is 0.653 bits per heavy atom. The minimum Gasteiger partial charge on any atom is -0.444 e. The summed E-state index contributed by atoms with van der Waals surface area (Å²) in [5.74, 6) is 0.570. The highest BCUT2D eigenvalue weighted by molar-refractivity contribution is 6.07. The van der Waals surface area contributed by atoms with Crippen LogP contribution in [-0.2, 0) is 14.2 Å². The van der Waals surface area contributed by atoms with Crippen LogP contribution in [0.3, 0.4) is 0 Å². The molecule has 75 heavy (non-hydrogen) atoms. The molecule has 0 aliphatic carbocycles. The SMILES string of the molecule is CC(c1ccc(C(N)=O)c2[nH]ccc12)C1CN(C(=O)OC(C)(C)C)C1.C[C@@H](c1ccc(C(N)=O)c2[nH]ccc12)C1CN(C(=O)OC(C)(C)C)C1.C[C@H](c1ccc(C(N)=O)c2[nH]ccc12)C1CN(C(=O)OC(C)(C)C)C1.